The van der Waals surface area contributed by atoms with Crippen molar-refractivity contribution in [3.63, 3.8) is 0 Å². The van der Waals surface area contributed by atoms with Crippen LogP contribution in [0, 0.1) is 13.8 Å². The molecule has 1 N–H and O–H groups in total. The summed E-state index contributed by atoms with van der Waals surface area (Å²) in [5.41, 5.74) is 4.64. The first kappa shape index (κ1) is 18.6. The van der Waals surface area contributed by atoms with E-state index in [1.807, 2.05) is 44.4 Å². The zero-order valence-electron chi connectivity index (χ0n) is 16.9. The van der Waals surface area contributed by atoms with Crippen LogP contribution in [0.25, 0.3) is 37.3 Å². The van der Waals surface area contributed by atoms with Crippen LogP contribution in [-0.2, 0) is 6.42 Å². The number of aryl methyl sites for hydroxylation is 3. The van der Waals surface area contributed by atoms with Gasteiger partial charge in [-0.05, 0) is 55.7 Å². The van der Waals surface area contributed by atoms with E-state index in [4.69, 9.17) is 9.40 Å². The number of benzene rings is 1. The van der Waals surface area contributed by atoms with E-state index >= 15 is 0 Å². The van der Waals surface area contributed by atoms with E-state index in [1.54, 1.807) is 17.4 Å². The molecule has 0 aliphatic carbocycles. The SMILES string of the molecule is CCc1cc2c(-c3sc4nc(C)cc(C)c4c3-n3cccc3)cc(=O)oc2cc1O. The van der Waals surface area contributed by atoms with Crippen molar-refractivity contribution >= 4 is 32.5 Å². The molecule has 0 radical (unpaired) electrons. The maximum atomic E-state index is 12.4. The molecule has 0 saturated carbocycles. The first-order valence-corrected chi connectivity index (χ1v) is 10.6. The summed E-state index contributed by atoms with van der Waals surface area (Å²) in [5, 5.41) is 12.2. The van der Waals surface area contributed by atoms with Crippen molar-refractivity contribution in [2.24, 2.45) is 0 Å². The monoisotopic (exact) mass is 416 g/mol. The first-order valence-electron chi connectivity index (χ1n) is 9.80. The lowest BCUT2D eigenvalue weighted by Crippen LogP contribution is -2.00. The number of aromatic hydroxyl groups is 1. The number of hydrogen-bond acceptors (Lipinski definition) is 5. The van der Waals surface area contributed by atoms with E-state index in [2.05, 4.69) is 17.6 Å². The lowest BCUT2D eigenvalue weighted by atomic mass is 10.0. The van der Waals surface area contributed by atoms with Crippen LogP contribution >= 0.6 is 11.3 Å². The second-order valence-electron chi connectivity index (χ2n) is 7.44. The molecule has 0 aliphatic rings. The highest BCUT2D eigenvalue weighted by Gasteiger charge is 2.21. The molecule has 5 aromatic rings. The minimum atomic E-state index is -0.446. The first-order chi connectivity index (χ1) is 14.5. The molecule has 0 fully saturated rings. The molecule has 5 nitrogen and oxygen atoms in total. The van der Waals surface area contributed by atoms with E-state index < -0.39 is 5.63 Å². The molecule has 5 rings (SSSR count). The fourth-order valence-corrected chi connectivity index (χ4v) is 5.37. The van der Waals surface area contributed by atoms with Gasteiger partial charge in [0.25, 0.3) is 0 Å². The molecule has 1 aromatic carbocycles. The van der Waals surface area contributed by atoms with Crippen LogP contribution in [0.3, 0.4) is 0 Å². The Labute approximate surface area is 176 Å². The number of aromatic nitrogens is 2. The Balaban J connectivity index is 1.95. The van der Waals surface area contributed by atoms with Gasteiger partial charge in [-0.1, -0.05) is 6.92 Å². The van der Waals surface area contributed by atoms with Gasteiger partial charge in [-0.25, -0.2) is 9.78 Å². The molecule has 0 amide bonds. The Kier molecular flexibility index (Phi) is 4.25. The summed E-state index contributed by atoms with van der Waals surface area (Å²) >= 11 is 1.57. The number of phenols is 1. The number of rotatable bonds is 3. The lowest BCUT2D eigenvalue weighted by molar-refractivity contribution is 0.467. The van der Waals surface area contributed by atoms with Gasteiger partial charge in [0, 0.05) is 46.6 Å². The van der Waals surface area contributed by atoms with E-state index in [0.717, 1.165) is 48.6 Å². The standard InChI is InChI=1S/C24H20N2O3S/c1-4-15-10-16-17(11-20(28)29-19(16)12-18(15)27)23-22(26-7-5-6-8-26)21-13(2)9-14(3)25-24(21)30-23/h5-12,27H,4H2,1-3H3. The summed E-state index contributed by atoms with van der Waals surface area (Å²) in [6.45, 7) is 6.07. The summed E-state index contributed by atoms with van der Waals surface area (Å²) in [6.07, 6.45) is 4.68. The van der Waals surface area contributed by atoms with E-state index in [1.165, 1.54) is 6.07 Å². The van der Waals surface area contributed by atoms with Gasteiger partial charge in [-0.3, -0.25) is 0 Å². The summed E-state index contributed by atoms with van der Waals surface area (Å²) < 4.78 is 7.49. The Bertz CT molecular complexity index is 1480. The minimum absolute atomic E-state index is 0.139. The fourth-order valence-electron chi connectivity index (χ4n) is 4.05. The van der Waals surface area contributed by atoms with Gasteiger partial charge in [0.2, 0.25) is 0 Å². The molecule has 30 heavy (non-hydrogen) atoms. The topological polar surface area (TPSA) is 68.3 Å². The molecular weight excluding hydrogens is 396 g/mol. The van der Waals surface area contributed by atoms with Crippen LogP contribution in [0.4, 0.5) is 0 Å². The molecule has 4 heterocycles. The van der Waals surface area contributed by atoms with Gasteiger partial charge in [0.1, 0.15) is 16.2 Å². The van der Waals surface area contributed by atoms with Crippen molar-refractivity contribution < 1.29 is 9.52 Å². The Morgan fingerprint density at radius 1 is 1.13 bits per heavy atom. The number of hydrogen-bond donors (Lipinski definition) is 1. The minimum Gasteiger partial charge on any atom is -0.508 e. The number of phenolic OH excluding ortho intramolecular Hbond substituents is 1. The van der Waals surface area contributed by atoms with Crippen molar-refractivity contribution in [2.75, 3.05) is 0 Å². The number of pyridine rings is 1. The summed E-state index contributed by atoms with van der Waals surface area (Å²) in [5.74, 6) is 0.139. The summed E-state index contributed by atoms with van der Waals surface area (Å²) in [4.78, 5) is 19.1. The van der Waals surface area contributed by atoms with Crippen molar-refractivity contribution in [3.05, 3.63) is 76.0 Å². The fraction of sp³-hybridized carbons (Fsp3) is 0.167. The van der Waals surface area contributed by atoms with Gasteiger partial charge in [0.15, 0.2) is 0 Å². The third kappa shape index (κ3) is 2.83. The molecular formula is C24H20N2O3S. The molecule has 0 spiro atoms. The highest BCUT2D eigenvalue weighted by Crippen LogP contribution is 2.44. The summed E-state index contributed by atoms with van der Waals surface area (Å²) in [7, 11) is 0. The lowest BCUT2D eigenvalue weighted by Gasteiger charge is -2.11. The Morgan fingerprint density at radius 2 is 1.90 bits per heavy atom. The predicted molar refractivity (Wildman–Crippen MR) is 121 cm³/mol. The average molecular weight is 417 g/mol. The Morgan fingerprint density at radius 3 is 2.63 bits per heavy atom. The predicted octanol–water partition coefficient (Wildman–Crippen LogP) is 5.75. The normalized spacial score (nSPS) is 11.6. The van der Waals surface area contributed by atoms with Gasteiger partial charge in [0.05, 0.1) is 10.6 Å². The number of nitrogens with zero attached hydrogens (tertiary/aromatic N) is 2. The second kappa shape index (κ2) is 6.85. The smallest absolute Gasteiger partial charge is 0.336 e. The van der Waals surface area contributed by atoms with Crippen molar-refractivity contribution in [2.45, 2.75) is 27.2 Å². The van der Waals surface area contributed by atoms with Gasteiger partial charge in [-0.15, -0.1) is 11.3 Å². The largest absolute Gasteiger partial charge is 0.508 e. The van der Waals surface area contributed by atoms with Crippen molar-refractivity contribution in [3.8, 4) is 21.9 Å². The van der Waals surface area contributed by atoms with Gasteiger partial charge >= 0.3 is 5.63 Å². The van der Waals surface area contributed by atoms with Gasteiger partial charge in [-0.2, -0.15) is 0 Å². The van der Waals surface area contributed by atoms with E-state index in [9.17, 15) is 9.90 Å². The molecule has 0 aliphatic heterocycles. The van der Waals surface area contributed by atoms with Crippen molar-refractivity contribution in [1.29, 1.82) is 0 Å². The van der Waals surface area contributed by atoms with Crippen molar-refractivity contribution in [1.82, 2.24) is 9.55 Å². The van der Waals surface area contributed by atoms with E-state index in [-0.39, 0.29) is 5.75 Å². The molecule has 0 atom stereocenters. The second-order valence-corrected chi connectivity index (χ2v) is 8.44. The highest BCUT2D eigenvalue weighted by molar-refractivity contribution is 7.22. The molecule has 0 saturated heterocycles. The zero-order chi connectivity index (χ0) is 21.0. The average Bonchev–Trinajstić information content (AvgIpc) is 3.34. The Hall–Kier alpha value is -3.38. The third-order valence-corrected chi connectivity index (χ3v) is 6.50. The maximum Gasteiger partial charge on any atom is 0.336 e. The van der Waals surface area contributed by atoms with Crippen LogP contribution in [0.2, 0.25) is 0 Å². The van der Waals surface area contributed by atoms with Crippen LogP contribution in [0.5, 0.6) is 5.75 Å². The van der Waals surface area contributed by atoms with Crippen LogP contribution < -0.4 is 5.63 Å². The zero-order valence-corrected chi connectivity index (χ0v) is 17.7. The molecule has 0 unspecified atom stereocenters. The van der Waals surface area contributed by atoms with Gasteiger partial charge < -0.3 is 14.1 Å². The third-order valence-electron chi connectivity index (χ3n) is 5.39. The van der Waals surface area contributed by atoms with Crippen LogP contribution in [0.15, 0.2) is 58.0 Å². The van der Waals surface area contributed by atoms with Crippen LogP contribution in [0.1, 0.15) is 23.7 Å². The maximum absolute atomic E-state index is 12.4. The molecule has 150 valence electrons. The van der Waals surface area contributed by atoms with Crippen LogP contribution in [-0.4, -0.2) is 14.7 Å². The number of thiophene rings is 1. The summed E-state index contributed by atoms with van der Waals surface area (Å²) in [6, 6.07) is 11.0. The quantitative estimate of drug-likeness (QED) is 0.381. The molecule has 4 aromatic heterocycles. The molecule has 6 heteroatoms. The molecule has 0 bridgehead atoms. The number of fused-ring (bicyclic) bond motifs is 2. The van der Waals surface area contributed by atoms with E-state index in [0.29, 0.717) is 12.0 Å². The highest BCUT2D eigenvalue weighted by atomic mass is 32.1.